The number of hydrogen-bond donors (Lipinski definition) is 0. The van der Waals surface area contributed by atoms with Gasteiger partial charge in [0.05, 0.1) is 6.54 Å². The maximum absolute atomic E-state index is 12.4. The van der Waals surface area contributed by atoms with Crippen LogP contribution in [0.25, 0.3) is 0 Å². The molecule has 0 atom stereocenters. The van der Waals surface area contributed by atoms with Crippen LogP contribution in [0.3, 0.4) is 0 Å². The summed E-state index contributed by atoms with van der Waals surface area (Å²) in [6, 6.07) is 18.4. The summed E-state index contributed by atoms with van der Waals surface area (Å²) in [7, 11) is 0. The molecule has 0 spiro atoms. The molecule has 0 amide bonds. The van der Waals surface area contributed by atoms with Crippen LogP contribution < -0.4 is 10.3 Å². The standard InChI is InChI=1S/C21H20N2O3/c1-16-13-21(25)23(20(22-16)14-17-5-3-2-4-6-17)11-12-26-19-9-7-18(15-24)8-10-19/h2-10,13,15H,11-12,14H2,1H3. The van der Waals surface area contributed by atoms with E-state index < -0.39 is 0 Å². The SMILES string of the molecule is Cc1cc(=O)n(CCOc2ccc(C=O)cc2)c(Cc2ccccc2)n1. The monoisotopic (exact) mass is 348 g/mol. The molecule has 5 heteroatoms. The van der Waals surface area contributed by atoms with Gasteiger partial charge < -0.3 is 4.74 Å². The Labute approximate surface area is 151 Å². The van der Waals surface area contributed by atoms with Gasteiger partial charge in [0.25, 0.3) is 5.56 Å². The lowest BCUT2D eigenvalue weighted by atomic mass is 10.1. The smallest absolute Gasteiger partial charge is 0.253 e. The molecule has 0 aliphatic heterocycles. The van der Waals surface area contributed by atoms with Crippen LogP contribution in [0.2, 0.25) is 0 Å². The molecule has 0 fully saturated rings. The molecule has 26 heavy (non-hydrogen) atoms. The molecule has 0 bridgehead atoms. The Balaban J connectivity index is 1.73. The molecule has 0 saturated carbocycles. The van der Waals surface area contributed by atoms with Crippen molar-refractivity contribution in [2.45, 2.75) is 19.9 Å². The van der Waals surface area contributed by atoms with Gasteiger partial charge in [-0.05, 0) is 36.8 Å². The topological polar surface area (TPSA) is 61.2 Å². The van der Waals surface area contributed by atoms with E-state index in [9.17, 15) is 9.59 Å². The van der Waals surface area contributed by atoms with Crippen LogP contribution in [0.1, 0.15) is 27.4 Å². The molecule has 3 aromatic rings. The molecule has 1 aromatic heterocycles. The zero-order valence-electron chi connectivity index (χ0n) is 14.6. The molecular weight excluding hydrogens is 328 g/mol. The van der Waals surface area contributed by atoms with Gasteiger partial charge in [0.15, 0.2) is 0 Å². The molecule has 1 heterocycles. The second-order valence-corrected chi connectivity index (χ2v) is 6.00. The Morgan fingerprint density at radius 2 is 1.81 bits per heavy atom. The van der Waals surface area contributed by atoms with Crippen molar-refractivity contribution in [3.8, 4) is 5.75 Å². The maximum atomic E-state index is 12.4. The van der Waals surface area contributed by atoms with Crippen molar-refractivity contribution in [3.05, 3.63) is 93.7 Å². The summed E-state index contributed by atoms with van der Waals surface area (Å²) in [6.07, 6.45) is 1.38. The Hall–Kier alpha value is -3.21. The highest BCUT2D eigenvalue weighted by molar-refractivity contribution is 5.74. The predicted molar refractivity (Wildman–Crippen MR) is 99.8 cm³/mol. The molecule has 5 nitrogen and oxygen atoms in total. The van der Waals surface area contributed by atoms with E-state index >= 15 is 0 Å². The fourth-order valence-corrected chi connectivity index (χ4v) is 2.73. The van der Waals surface area contributed by atoms with E-state index in [1.807, 2.05) is 37.3 Å². The third kappa shape index (κ3) is 4.45. The first-order valence-corrected chi connectivity index (χ1v) is 8.45. The lowest BCUT2D eigenvalue weighted by Crippen LogP contribution is -2.27. The van der Waals surface area contributed by atoms with E-state index in [2.05, 4.69) is 4.98 Å². The summed E-state index contributed by atoms with van der Waals surface area (Å²) in [5.41, 5.74) is 2.33. The van der Waals surface area contributed by atoms with Crippen LogP contribution in [0.15, 0.2) is 65.5 Å². The van der Waals surface area contributed by atoms with Crippen molar-refractivity contribution in [1.82, 2.24) is 9.55 Å². The number of nitrogens with zero attached hydrogens (tertiary/aromatic N) is 2. The molecule has 0 radical (unpaired) electrons. The Bertz CT molecular complexity index is 932. The van der Waals surface area contributed by atoms with Crippen LogP contribution in [-0.2, 0) is 13.0 Å². The number of rotatable bonds is 7. The maximum Gasteiger partial charge on any atom is 0.253 e. The van der Waals surface area contributed by atoms with Crippen LogP contribution >= 0.6 is 0 Å². The number of aromatic nitrogens is 2. The summed E-state index contributed by atoms with van der Waals surface area (Å²) in [5.74, 6) is 1.38. The minimum atomic E-state index is -0.0802. The molecule has 132 valence electrons. The fraction of sp³-hybridized carbons (Fsp3) is 0.190. The van der Waals surface area contributed by atoms with Crippen molar-refractivity contribution in [1.29, 1.82) is 0 Å². The normalized spacial score (nSPS) is 10.5. The second kappa shape index (κ2) is 8.25. The lowest BCUT2D eigenvalue weighted by molar-refractivity contribution is 0.112. The van der Waals surface area contributed by atoms with Gasteiger partial charge in [0.2, 0.25) is 0 Å². The van der Waals surface area contributed by atoms with Crippen molar-refractivity contribution >= 4 is 6.29 Å². The van der Waals surface area contributed by atoms with E-state index in [0.29, 0.717) is 36.6 Å². The second-order valence-electron chi connectivity index (χ2n) is 6.00. The molecule has 0 aliphatic rings. The van der Waals surface area contributed by atoms with Gasteiger partial charge in [0, 0.05) is 23.7 Å². The van der Waals surface area contributed by atoms with Gasteiger partial charge in [-0.3, -0.25) is 14.2 Å². The Morgan fingerprint density at radius 1 is 1.08 bits per heavy atom. The van der Waals surface area contributed by atoms with Crippen LogP contribution in [0.4, 0.5) is 0 Å². The zero-order valence-corrected chi connectivity index (χ0v) is 14.6. The van der Waals surface area contributed by atoms with Gasteiger partial charge in [-0.25, -0.2) is 4.98 Å². The first-order chi connectivity index (χ1) is 12.7. The fourth-order valence-electron chi connectivity index (χ4n) is 2.73. The van der Waals surface area contributed by atoms with Crippen molar-refractivity contribution in [2.75, 3.05) is 6.61 Å². The average molecular weight is 348 g/mol. The van der Waals surface area contributed by atoms with Crippen molar-refractivity contribution in [3.63, 3.8) is 0 Å². The molecule has 2 aromatic carbocycles. The number of carbonyl (C=O) groups excluding carboxylic acids is 1. The minimum Gasteiger partial charge on any atom is -0.492 e. The Morgan fingerprint density at radius 3 is 2.50 bits per heavy atom. The first kappa shape index (κ1) is 17.6. The molecule has 3 rings (SSSR count). The third-order valence-electron chi connectivity index (χ3n) is 4.02. The average Bonchev–Trinajstić information content (AvgIpc) is 2.65. The highest BCUT2D eigenvalue weighted by Crippen LogP contribution is 2.11. The molecule has 0 N–H and O–H groups in total. The summed E-state index contributed by atoms with van der Waals surface area (Å²) in [5, 5.41) is 0. The van der Waals surface area contributed by atoms with E-state index in [4.69, 9.17) is 4.74 Å². The third-order valence-corrected chi connectivity index (χ3v) is 4.02. The van der Waals surface area contributed by atoms with Gasteiger partial charge in [-0.15, -0.1) is 0 Å². The predicted octanol–water partition coefficient (Wildman–Crippen LogP) is 3.03. The first-order valence-electron chi connectivity index (χ1n) is 8.45. The number of carbonyl (C=O) groups is 1. The zero-order chi connectivity index (χ0) is 18.4. The van der Waals surface area contributed by atoms with Crippen molar-refractivity contribution in [2.24, 2.45) is 0 Å². The highest BCUT2D eigenvalue weighted by atomic mass is 16.5. The largest absolute Gasteiger partial charge is 0.492 e. The van der Waals surface area contributed by atoms with Crippen LogP contribution in [0.5, 0.6) is 5.75 Å². The summed E-state index contributed by atoms with van der Waals surface area (Å²) >= 11 is 0. The number of hydrogen-bond acceptors (Lipinski definition) is 4. The van der Waals surface area contributed by atoms with E-state index in [1.165, 1.54) is 6.07 Å². The van der Waals surface area contributed by atoms with Gasteiger partial charge >= 0.3 is 0 Å². The quantitative estimate of drug-likeness (QED) is 0.616. The van der Waals surface area contributed by atoms with Crippen molar-refractivity contribution < 1.29 is 9.53 Å². The minimum absolute atomic E-state index is 0.0802. The number of benzene rings is 2. The summed E-state index contributed by atoms with van der Waals surface area (Å²) < 4.78 is 7.35. The lowest BCUT2D eigenvalue weighted by Gasteiger charge is -2.13. The van der Waals surface area contributed by atoms with Gasteiger partial charge in [-0.1, -0.05) is 30.3 Å². The number of aryl methyl sites for hydroxylation is 1. The van der Waals surface area contributed by atoms with E-state index in [0.717, 1.165) is 17.7 Å². The highest BCUT2D eigenvalue weighted by Gasteiger charge is 2.08. The van der Waals surface area contributed by atoms with Gasteiger partial charge in [0.1, 0.15) is 24.5 Å². The Kier molecular flexibility index (Phi) is 5.59. The molecule has 0 unspecified atom stereocenters. The summed E-state index contributed by atoms with van der Waals surface area (Å²) in [4.78, 5) is 27.6. The molecule has 0 saturated heterocycles. The molecular formula is C21H20N2O3. The van der Waals surface area contributed by atoms with E-state index in [1.54, 1.807) is 28.8 Å². The number of aldehydes is 1. The summed E-state index contributed by atoms with van der Waals surface area (Å²) in [6.45, 7) is 2.57. The van der Waals surface area contributed by atoms with E-state index in [-0.39, 0.29) is 5.56 Å². The van der Waals surface area contributed by atoms with Crippen LogP contribution in [-0.4, -0.2) is 22.4 Å². The van der Waals surface area contributed by atoms with Crippen LogP contribution in [0, 0.1) is 6.92 Å². The number of ether oxygens (including phenoxy) is 1. The van der Waals surface area contributed by atoms with Gasteiger partial charge in [-0.2, -0.15) is 0 Å². The molecule has 0 aliphatic carbocycles.